The maximum absolute atomic E-state index is 10.9. The first kappa shape index (κ1) is 14.5. The predicted molar refractivity (Wildman–Crippen MR) is 73.4 cm³/mol. The number of hydrogen-bond donors (Lipinski definition) is 2. The van der Waals surface area contributed by atoms with E-state index in [4.69, 9.17) is 9.52 Å². The molecule has 2 rings (SSSR count). The van der Waals surface area contributed by atoms with Crippen LogP contribution in [0.3, 0.4) is 0 Å². The third kappa shape index (κ3) is 3.16. The first-order valence-electron chi connectivity index (χ1n) is 6.06. The summed E-state index contributed by atoms with van der Waals surface area (Å²) in [6, 6.07) is 2.98. The Kier molecular flexibility index (Phi) is 3.88. The average Bonchev–Trinajstić information content (AvgIpc) is 2.77. The van der Waals surface area contributed by atoms with E-state index in [9.17, 15) is 14.9 Å². The van der Waals surface area contributed by atoms with Crippen molar-refractivity contribution in [2.75, 3.05) is 5.32 Å². The van der Waals surface area contributed by atoms with E-state index in [1.54, 1.807) is 19.9 Å². The number of carbonyl (C=O) groups is 1. The molecule has 2 heterocycles. The Labute approximate surface area is 119 Å². The normalized spacial score (nSPS) is 10.4. The van der Waals surface area contributed by atoms with E-state index in [2.05, 4.69) is 10.3 Å². The van der Waals surface area contributed by atoms with Crippen LogP contribution in [0.2, 0.25) is 0 Å². The summed E-state index contributed by atoms with van der Waals surface area (Å²) >= 11 is 0. The van der Waals surface area contributed by atoms with Crippen LogP contribution in [-0.2, 0) is 6.54 Å². The first-order valence-corrected chi connectivity index (χ1v) is 6.06. The molecule has 0 saturated heterocycles. The molecule has 0 aliphatic rings. The number of aromatic nitrogens is 1. The molecule has 2 aromatic rings. The lowest BCUT2D eigenvalue weighted by Crippen LogP contribution is -2.02. The van der Waals surface area contributed by atoms with Crippen molar-refractivity contribution in [3.63, 3.8) is 0 Å². The molecule has 0 spiro atoms. The molecule has 0 atom stereocenters. The molecule has 0 aliphatic carbocycles. The van der Waals surface area contributed by atoms with E-state index >= 15 is 0 Å². The number of rotatable bonds is 5. The lowest BCUT2D eigenvalue weighted by molar-refractivity contribution is -0.385. The Morgan fingerprint density at radius 1 is 1.48 bits per heavy atom. The molecule has 0 unspecified atom stereocenters. The second kappa shape index (κ2) is 5.61. The van der Waals surface area contributed by atoms with Crippen LogP contribution in [0, 0.1) is 24.0 Å². The molecule has 0 radical (unpaired) electrons. The third-order valence-corrected chi connectivity index (χ3v) is 2.92. The molecule has 21 heavy (non-hydrogen) atoms. The fourth-order valence-corrected chi connectivity index (χ4v) is 1.86. The van der Waals surface area contributed by atoms with Gasteiger partial charge in [0.05, 0.1) is 11.5 Å². The zero-order valence-electron chi connectivity index (χ0n) is 11.4. The van der Waals surface area contributed by atoms with Gasteiger partial charge in [0, 0.05) is 5.56 Å². The van der Waals surface area contributed by atoms with E-state index < -0.39 is 10.9 Å². The van der Waals surface area contributed by atoms with Crippen molar-refractivity contribution >= 4 is 17.5 Å². The first-order chi connectivity index (χ1) is 9.88. The number of nitro groups is 1. The van der Waals surface area contributed by atoms with Crippen molar-refractivity contribution in [3.8, 4) is 0 Å². The summed E-state index contributed by atoms with van der Waals surface area (Å²) in [5, 5.41) is 22.5. The van der Waals surface area contributed by atoms with Crippen molar-refractivity contribution in [2.24, 2.45) is 0 Å². The second-order valence-corrected chi connectivity index (χ2v) is 4.45. The lowest BCUT2D eigenvalue weighted by atomic mass is 10.2. The smallest absolute Gasteiger partial charge is 0.339 e. The number of aromatic carboxylic acids is 1. The quantitative estimate of drug-likeness (QED) is 0.641. The number of aryl methyl sites for hydroxylation is 2. The number of carboxylic acids is 1. The van der Waals surface area contributed by atoms with Gasteiger partial charge >= 0.3 is 5.97 Å². The van der Waals surface area contributed by atoms with Gasteiger partial charge in [0.25, 0.3) is 5.69 Å². The van der Waals surface area contributed by atoms with Crippen LogP contribution >= 0.6 is 0 Å². The molecular formula is C13H13N3O5. The average molecular weight is 291 g/mol. The van der Waals surface area contributed by atoms with Crippen LogP contribution in [0.5, 0.6) is 0 Å². The molecule has 2 aromatic heterocycles. The van der Waals surface area contributed by atoms with Crippen molar-refractivity contribution in [2.45, 2.75) is 20.4 Å². The van der Waals surface area contributed by atoms with Gasteiger partial charge in [-0.3, -0.25) is 10.1 Å². The minimum Gasteiger partial charge on any atom is -0.478 e. The van der Waals surface area contributed by atoms with Crippen LogP contribution in [0.15, 0.2) is 22.7 Å². The highest BCUT2D eigenvalue weighted by molar-refractivity contribution is 5.88. The number of carboxylic acid groups (broad SMARTS) is 1. The van der Waals surface area contributed by atoms with E-state index in [0.29, 0.717) is 22.9 Å². The van der Waals surface area contributed by atoms with Crippen molar-refractivity contribution in [3.05, 3.63) is 51.1 Å². The minimum absolute atomic E-state index is 0.0532. The Balaban J connectivity index is 2.10. The summed E-state index contributed by atoms with van der Waals surface area (Å²) in [7, 11) is 0. The fraction of sp³-hybridized carbons (Fsp3) is 0.231. The molecule has 0 amide bonds. The number of hydrogen-bond acceptors (Lipinski definition) is 6. The van der Waals surface area contributed by atoms with E-state index in [1.165, 1.54) is 12.3 Å². The molecule has 0 fully saturated rings. The molecule has 0 aliphatic heterocycles. The maximum atomic E-state index is 10.9. The van der Waals surface area contributed by atoms with Crippen LogP contribution in [0.25, 0.3) is 0 Å². The monoisotopic (exact) mass is 291 g/mol. The van der Waals surface area contributed by atoms with Crippen LogP contribution in [0.1, 0.15) is 27.4 Å². The van der Waals surface area contributed by atoms with Crippen molar-refractivity contribution < 1.29 is 19.2 Å². The summed E-state index contributed by atoms with van der Waals surface area (Å²) < 4.78 is 5.31. The lowest BCUT2D eigenvalue weighted by Gasteiger charge is -2.04. The third-order valence-electron chi connectivity index (χ3n) is 2.92. The van der Waals surface area contributed by atoms with E-state index in [0.717, 1.165) is 0 Å². The Hall–Kier alpha value is -2.90. The van der Waals surface area contributed by atoms with Crippen LogP contribution in [-0.4, -0.2) is 21.0 Å². The van der Waals surface area contributed by atoms with Gasteiger partial charge in [0.2, 0.25) is 0 Å². The summed E-state index contributed by atoms with van der Waals surface area (Å²) in [4.78, 5) is 25.0. The van der Waals surface area contributed by atoms with Gasteiger partial charge in [-0.2, -0.15) is 0 Å². The summed E-state index contributed by atoms with van der Waals surface area (Å²) in [6.07, 6.45) is 1.17. The van der Waals surface area contributed by atoms with Gasteiger partial charge in [-0.15, -0.1) is 0 Å². The van der Waals surface area contributed by atoms with Gasteiger partial charge < -0.3 is 14.8 Å². The predicted octanol–water partition coefficient (Wildman–Crippen LogP) is 2.51. The number of anilines is 1. The summed E-state index contributed by atoms with van der Waals surface area (Å²) in [5.74, 6) is 0.172. The summed E-state index contributed by atoms with van der Waals surface area (Å²) in [6.45, 7) is 3.42. The SMILES string of the molecule is Cc1cc(NCc2cc(C(=O)O)c(C)o2)ncc1[N+](=O)[O-]. The number of pyridine rings is 1. The standard InChI is InChI=1S/C13H13N3O5/c1-7-3-12(15-6-11(7)16(19)20)14-5-9-4-10(13(17)18)8(2)21-9/h3-4,6H,5H2,1-2H3,(H,14,15)(H,17,18). The number of furan rings is 1. The van der Waals surface area contributed by atoms with Gasteiger partial charge in [0.1, 0.15) is 29.1 Å². The highest BCUT2D eigenvalue weighted by Gasteiger charge is 2.14. The highest BCUT2D eigenvalue weighted by Crippen LogP contribution is 2.20. The highest BCUT2D eigenvalue weighted by atomic mass is 16.6. The molecule has 8 heteroatoms. The molecule has 0 aromatic carbocycles. The molecule has 0 bridgehead atoms. The van der Waals surface area contributed by atoms with Gasteiger partial charge in [-0.1, -0.05) is 0 Å². The van der Waals surface area contributed by atoms with Gasteiger partial charge in [-0.25, -0.2) is 9.78 Å². The molecule has 0 saturated carbocycles. The van der Waals surface area contributed by atoms with E-state index in [1.807, 2.05) is 0 Å². The number of nitrogens with zero attached hydrogens (tertiary/aromatic N) is 2. The largest absolute Gasteiger partial charge is 0.478 e. The Morgan fingerprint density at radius 3 is 2.71 bits per heavy atom. The summed E-state index contributed by atoms with van der Waals surface area (Å²) in [5.41, 5.74) is 0.543. The topological polar surface area (TPSA) is 118 Å². The number of nitrogens with one attached hydrogen (secondary N) is 1. The zero-order chi connectivity index (χ0) is 15.6. The molecular weight excluding hydrogens is 278 g/mol. The second-order valence-electron chi connectivity index (χ2n) is 4.45. The van der Waals surface area contributed by atoms with Crippen LogP contribution in [0.4, 0.5) is 11.5 Å². The van der Waals surface area contributed by atoms with Crippen molar-refractivity contribution in [1.82, 2.24) is 4.98 Å². The Bertz CT molecular complexity index is 708. The molecule has 2 N–H and O–H groups in total. The van der Waals surface area contributed by atoms with Gasteiger partial charge in [-0.05, 0) is 26.0 Å². The maximum Gasteiger partial charge on any atom is 0.339 e. The zero-order valence-corrected chi connectivity index (χ0v) is 11.4. The minimum atomic E-state index is -1.05. The Morgan fingerprint density at radius 2 is 2.19 bits per heavy atom. The van der Waals surface area contributed by atoms with E-state index in [-0.39, 0.29) is 17.8 Å². The van der Waals surface area contributed by atoms with Gasteiger partial charge in [0.15, 0.2) is 0 Å². The van der Waals surface area contributed by atoms with Crippen molar-refractivity contribution in [1.29, 1.82) is 0 Å². The van der Waals surface area contributed by atoms with Crippen LogP contribution < -0.4 is 5.32 Å². The molecule has 8 nitrogen and oxygen atoms in total. The molecule has 110 valence electrons. The fourth-order valence-electron chi connectivity index (χ4n) is 1.86.